The Morgan fingerprint density at radius 3 is 2.00 bits per heavy atom. The summed E-state index contributed by atoms with van der Waals surface area (Å²) in [6.07, 6.45) is -0.393. The zero-order valence-corrected chi connectivity index (χ0v) is 7.54. The second-order valence-electron chi connectivity index (χ2n) is 3.35. The van der Waals surface area contributed by atoms with Crippen LogP contribution in [0, 0.1) is 5.92 Å². The van der Waals surface area contributed by atoms with Gasteiger partial charge in [-0.2, -0.15) is 0 Å². The van der Waals surface area contributed by atoms with E-state index in [1.807, 2.05) is 13.8 Å². The lowest BCUT2D eigenvalue weighted by atomic mass is 9.98. The molecule has 0 rings (SSSR count). The highest BCUT2D eigenvalue weighted by atomic mass is 16.3. The summed E-state index contributed by atoms with van der Waals surface area (Å²) in [6, 6.07) is 0. The fourth-order valence-corrected chi connectivity index (χ4v) is 0.675. The standard InChI is InChI=1S/C9H18O2/c1-6(2)9(11)5-7(3)8(4)10/h6,8-11H,3,5H2,1-2,4H3/t8-,9-/m1/s1. The molecule has 11 heavy (non-hydrogen) atoms. The molecule has 66 valence electrons. The number of hydrogen-bond donors (Lipinski definition) is 2. The van der Waals surface area contributed by atoms with Gasteiger partial charge in [-0.1, -0.05) is 20.4 Å². The van der Waals surface area contributed by atoms with Gasteiger partial charge in [0.2, 0.25) is 0 Å². The third-order valence-electron chi connectivity index (χ3n) is 1.83. The first-order valence-electron chi connectivity index (χ1n) is 3.99. The lowest BCUT2D eigenvalue weighted by Crippen LogP contribution is -2.18. The van der Waals surface area contributed by atoms with E-state index in [9.17, 15) is 5.11 Å². The summed E-state index contributed by atoms with van der Waals surface area (Å²) in [6.45, 7) is 9.22. The largest absolute Gasteiger partial charge is 0.393 e. The second kappa shape index (κ2) is 4.52. The van der Waals surface area contributed by atoms with Crippen LogP contribution in [0.3, 0.4) is 0 Å². The summed E-state index contributed by atoms with van der Waals surface area (Å²) in [5, 5.41) is 18.4. The molecule has 0 aliphatic rings. The average Bonchev–Trinajstić information content (AvgIpc) is 1.87. The number of hydrogen-bond acceptors (Lipinski definition) is 2. The van der Waals surface area contributed by atoms with Crippen LogP contribution < -0.4 is 0 Å². The van der Waals surface area contributed by atoms with Crippen LogP contribution in [-0.2, 0) is 0 Å². The molecule has 2 N–H and O–H groups in total. The molecule has 0 saturated heterocycles. The molecule has 0 aliphatic carbocycles. The van der Waals surface area contributed by atoms with Crippen molar-refractivity contribution >= 4 is 0 Å². The Hall–Kier alpha value is -0.340. The predicted molar refractivity (Wildman–Crippen MR) is 46.3 cm³/mol. The summed E-state index contributed by atoms with van der Waals surface area (Å²) in [7, 11) is 0. The minimum Gasteiger partial charge on any atom is -0.393 e. The molecule has 0 bridgehead atoms. The minimum atomic E-state index is -0.511. The molecule has 0 aromatic heterocycles. The Morgan fingerprint density at radius 2 is 1.73 bits per heavy atom. The van der Waals surface area contributed by atoms with E-state index >= 15 is 0 Å². The van der Waals surface area contributed by atoms with Gasteiger partial charge in [-0.25, -0.2) is 0 Å². The van der Waals surface area contributed by atoms with Crippen molar-refractivity contribution in [1.82, 2.24) is 0 Å². The molecule has 0 fully saturated rings. The van der Waals surface area contributed by atoms with Gasteiger partial charge in [-0.15, -0.1) is 0 Å². The van der Waals surface area contributed by atoms with Crippen LogP contribution in [0.4, 0.5) is 0 Å². The zero-order chi connectivity index (χ0) is 9.02. The van der Waals surface area contributed by atoms with Crippen LogP contribution in [-0.4, -0.2) is 22.4 Å². The van der Waals surface area contributed by atoms with Crippen molar-refractivity contribution in [2.24, 2.45) is 5.92 Å². The number of aliphatic hydroxyl groups is 2. The third kappa shape index (κ3) is 4.17. The normalized spacial score (nSPS) is 16.5. The molecule has 0 aromatic carbocycles. The van der Waals surface area contributed by atoms with Crippen molar-refractivity contribution in [3.8, 4) is 0 Å². The van der Waals surface area contributed by atoms with Crippen molar-refractivity contribution in [1.29, 1.82) is 0 Å². The topological polar surface area (TPSA) is 40.5 Å². The van der Waals surface area contributed by atoms with E-state index in [1.54, 1.807) is 6.92 Å². The fraction of sp³-hybridized carbons (Fsp3) is 0.778. The monoisotopic (exact) mass is 158 g/mol. The van der Waals surface area contributed by atoms with Crippen molar-refractivity contribution < 1.29 is 10.2 Å². The molecule has 0 unspecified atom stereocenters. The number of rotatable bonds is 4. The van der Waals surface area contributed by atoms with Crippen molar-refractivity contribution in [2.45, 2.75) is 39.4 Å². The second-order valence-corrected chi connectivity index (χ2v) is 3.35. The van der Waals surface area contributed by atoms with Gasteiger partial charge in [-0.3, -0.25) is 0 Å². The fourth-order valence-electron chi connectivity index (χ4n) is 0.675. The molecular formula is C9H18O2. The Morgan fingerprint density at radius 1 is 1.27 bits per heavy atom. The summed E-state index contributed by atoms with van der Waals surface area (Å²) < 4.78 is 0. The SMILES string of the molecule is C=C(C[C@@H](O)C(C)C)[C@@H](C)O. The van der Waals surface area contributed by atoms with Crippen LogP contribution in [0.2, 0.25) is 0 Å². The molecular weight excluding hydrogens is 140 g/mol. The molecule has 2 heteroatoms. The molecule has 0 spiro atoms. The van der Waals surface area contributed by atoms with Crippen molar-refractivity contribution in [3.05, 3.63) is 12.2 Å². The van der Waals surface area contributed by atoms with Gasteiger partial charge < -0.3 is 10.2 Å². The maximum atomic E-state index is 9.37. The first-order valence-corrected chi connectivity index (χ1v) is 3.99. The van der Waals surface area contributed by atoms with E-state index in [0.717, 1.165) is 0 Å². The van der Waals surface area contributed by atoms with Crippen molar-refractivity contribution in [2.75, 3.05) is 0 Å². The smallest absolute Gasteiger partial charge is 0.0720 e. The van der Waals surface area contributed by atoms with Crippen molar-refractivity contribution in [3.63, 3.8) is 0 Å². The third-order valence-corrected chi connectivity index (χ3v) is 1.83. The van der Waals surface area contributed by atoms with Crippen LogP contribution in [0.15, 0.2) is 12.2 Å². The van der Waals surface area contributed by atoms with E-state index in [4.69, 9.17) is 5.11 Å². The first-order chi connectivity index (χ1) is 4.95. The zero-order valence-electron chi connectivity index (χ0n) is 7.54. The molecule has 0 aromatic rings. The van der Waals surface area contributed by atoms with E-state index in [0.29, 0.717) is 12.0 Å². The van der Waals surface area contributed by atoms with Crippen LogP contribution in [0.1, 0.15) is 27.2 Å². The Kier molecular flexibility index (Phi) is 4.38. The predicted octanol–water partition coefficient (Wildman–Crippen LogP) is 1.33. The van der Waals surface area contributed by atoms with Crippen LogP contribution in [0.25, 0.3) is 0 Å². The lowest BCUT2D eigenvalue weighted by molar-refractivity contribution is 0.115. The minimum absolute atomic E-state index is 0.227. The van der Waals surface area contributed by atoms with E-state index < -0.39 is 6.10 Å². The molecule has 0 aliphatic heterocycles. The van der Waals surface area contributed by atoms with Gasteiger partial charge in [0, 0.05) is 0 Å². The molecule has 2 nitrogen and oxygen atoms in total. The quantitative estimate of drug-likeness (QED) is 0.606. The van der Waals surface area contributed by atoms with Crippen LogP contribution in [0.5, 0.6) is 0 Å². The Balaban J connectivity index is 3.76. The van der Waals surface area contributed by atoms with E-state index in [1.165, 1.54) is 0 Å². The first kappa shape index (κ1) is 10.7. The van der Waals surface area contributed by atoms with E-state index in [2.05, 4.69) is 6.58 Å². The highest BCUT2D eigenvalue weighted by molar-refractivity contribution is 5.01. The molecule has 0 amide bonds. The summed E-state index contributed by atoms with van der Waals surface area (Å²) in [4.78, 5) is 0. The van der Waals surface area contributed by atoms with Gasteiger partial charge in [0.15, 0.2) is 0 Å². The lowest BCUT2D eigenvalue weighted by Gasteiger charge is -2.17. The van der Waals surface area contributed by atoms with Gasteiger partial charge in [0.25, 0.3) is 0 Å². The van der Waals surface area contributed by atoms with Gasteiger partial charge in [0.1, 0.15) is 0 Å². The van der Waals surface area contributed by atoms with Gasteiger partial charge in [-0.05, 0) is 24.8 Å². The number of aliphatic hydroxyl groups excluding tert-OH is 2. The molecule has 0 saturated carbocycles. The molecule has 2 atom stereocenters. The van der Waals surface area contributed by atoms with Gasteiger partial charge in [0.05, 0.1) is 12.2 Å². The summed E-state index contributed by atoms with van der Waals surface area (Å²) >= 11 is 0. The van der Waals surface area contributed by atoms with E-state index in [-0.39, 0.29) is 12.0 Å². The average molecular weight is 158 g/mol. The highest BCUT2D eigenvalue weighted by Gasteiger charge is 2.12. The Bertz CT molecular complexity index is 128. The summed E-state index contributed by atoms with van der Waals surface area (Å²) in [5.41, 5.74) is 0.700. The maximum absolute atomic E-state index is 9.37. The highest BCUT2D eigenvalue weighted by Crippen LogP contribution is 2.13. The van der Waals surface area contributed by atoms with Crippen LogP contribution >= 0.6 is 0 Å². The summed E-state index contributed by atoms with van der Waals surface area (Å²) in [5.74, 6) is 0.227. The van der Waals surface area contributed by atoms with Gasteiger partial charge >= 0.3 is 0 Å². The molecule has 0 heterocycles. The maximum Gasteiger partial charge on any atom is 0.0720 e. The molecule has 0 radical (unpaired) electrons. The Labute approximate surface area is 68.6 Å².